The van der Waals surface area contributed by atoms with E-state index in [0.29, 0.717) is 5.75 Å². The number of benzene rings is 2. The molecule has 0 aliphatic carbocycles. The molecule has 0 bridgehead atoms. The number of hydrogen-bond donors (Lipinski definition) is 1. The molecule has 5 nitrogen and oxygen atoms in total. The molecule has 2 amide bonds. The molecule has 0 aliphatic heterocycles. The van der Waals surface area contributed by atoms with Gasteiger partial charge >= 0.3 is 0 Å². The van der Waals surface area contributed by atoms with Crippen LogP contribution in [-0.4, -0.2) is 36.9 Å². The van der Waals surface area contributed by atoms with E-state index >= 15 is 0 Å². The van der Waals surface area contributed by atoms with Gasteiger partial charge in [0.25, 0.3) is 5.91 Å². The largest absolute Gasteiger partial charge is 0.484 e. The number of aryl methyl sites for hydroxylation is 4. The fourth-order valence-corrected chi connectivity index (χ4v) is 2.75. The Morgan fingerprint density at radius 1 is 0.962 bits per heavy atom. The number of likely N-dealkylation sites (N-methyl/N-ethyl adjacent to an activating group) is 1. The van der Waals surface area contributed by atoms with E-state index in [0.717, 1.165) is 27.9 Å². The Kier molecular flexibility index (Phi) is 6.39. The lowest BCUT2D eigenvalue weighted by atomic mass is 10.1. The second-order valence-corrected chi connectivity index (χ2v) is 6.67. The highest BCUT2D eigenvalue weighted by atomic mass is 16.5. The van der Waals surface area contributed by atoms with Gasteiger partial charge in [0, 0.05) is 12.7 Å². The van der Waals surface area contributed by atoms with Crippen molar-refractivity contribution in [3.63, 3.8) is 0 Å². The summed E-state index contributed by atoms with van der Waals surface area (Å²) >= 11 is 0. The molecule has 0 radical (unpaired) electrons. The first-order chi connectivity index (χ1) is 12.3. The van der Waals surface area contributed by atoms with Gasteiger partial charge < -0.3 is 15.0 Å². The van der Waals surface area contributed by atoms with Crippen molar-refractivity contribution in [2.24, 2.45) is 0 Å². The van der Waals surface area contributed by atoms with Gasteiger partial charge in [0.05, 0.1) is 6.54 Å². The van der Waals surface area contributed by atoms with Crippen molar-refractivity contribution in [2.45, 2.75) is 27.7 Å². The fraction of sp³-hybridized carbons (Fsp3) is 0.333. The molecular weight excluding hydrogens is 328 g/mol. The van der Waals surface area contributed by atoms with E-state index in [-0.39, 0.29) is 25.0 Å². The first kappa shape index (κ1) is 19.5. The molecule has 0 atom stereocenters. The molecule has 138 valence electrons. The summed E-state index contributed by atoms with van der Waals surface area (Å²) in [7, 11) is 1.59. The average molecular weight is 354 g/mol. The Labute approximate surface area is 155 Å². The maximum Gasteiger partial charge on any atom is 0.260 e. The van der Waals surface area contributed by atoms with Crippen LogP contribution in [0.4, 0.5) is 5.69 Å². The Balaban J connectivity index is 1.88. The average Bonchev–Trinajstić information content (AvgIpc) is 2.57. The van der Waals surface area contributed by atoms with Crippen LogP contribution in [0.15, 0.2) is 36.4 Å². The topological polar surface area (TPSA) is 58.6 Å². The minimum atomic E-state index is -0.252. The normalized spacial score (nSPS) is 10.3. The molecule has 0 spiro atoms. The van der Waals surface area contributed by atoms with Crippen LogP contribution in [0.5, 0.6) is 5.75 Å². The number of hydrogen-bond acceptors (Lipinski definition) is 3. The quantitative estimate of drug-likeness (QED) is 0.865. The number of carbonyl (C=O) groups is 2. The van der Waals surface area contributed by atoms with E-state index < -0.39 is 0 Å². The van der Waals surface area contributed by atoms with Gasteiger partial charge in [0.15, 0.2) is 6.61 Å². The van der Waals surface area contributed by atoms with Gasteiger partial charge in [-0.1, -0.05) is 35.4 Å². The predicted octanol–water partition coefficient (Wildman–Crippen LogP) is 3.40. The number of nitrogens with one attached hydrogen (secondary N) is 1. The summed E-state index contributed by atoms with van der Waals surface area (Å²) in [5, 5.41) is 2.90. The van der Waals surface area contributed by atoms with Gasteiger partial charge in [0.2, 0.25) is 5.91 Å². The molecule has 2 aromatic carbocycles. The molecule has 0 heterocycles. The van der Waals surface area contributed by atoms with Gasteiger partial charge in [-0.2, -0.15) is 0 Å². The van der Waals surface area contributed by atoms with Gasteiger partial charge in [-0.15, -0.1) is 0 Å². The standard InChI is InChI=1S/C21H26N2O3/c1-14-6-8-18(9-7-14)26-13-20(25)23(5)12-19(24)22-21-16(3)10-15(2)11-17(21)4/h6-11H,12-13H2,1-5H3,(H,22,24). The molecule has 0 aliphatic rings. The third-order valence-electron chi connectivity index (χ3n) is 4.13. The molecule has 0 aromatic heterocycles. The maximum atomic E-state index is 12.3. The second kappa shape index (κ2) is 8.52. The highest BCUT2D eigenvalue weighted by Gasteiger charge is 2.15. The fourth-order valence-electron chi connectivity index (χ4n) is 2.75. The number of carbonyl (C=O) groups excluding carboxylic acids is 2. The lowest BCUT2D eigenvalue weighted by Crippen LogP contribution is -2.37. The molecule has 0 saturated heterocycles. The van der Waals surface area contributed by atoms with Crippen molar-refractivity contribution >= 4 is 17.5 Å². The van der Waals surface area contributed by atoms with Crippen molar-refractivity contribution in [3.8, 4) is 5.75 Å². The van der Waals surface area contributed by atoms with E-state index in [1.54, 1.807) is 7.05 Å². The first-order valence-corrected chi connectivity index (χ1v) is 8.57. The molecule has 26 heavy (non-hydrogen) atoms. The van der Waals surface area contributed by atoms with Crippen LogP contribution in [-0.2, 0) is 9.59 Å². The molecule has 2 rings (SSSR count). The number of rotatable bonds is 6. The molecular formula is C21H26N2O3. The van der Waals surface area contributed by atoms with Gasteiger partial charge in [-0.3, -0.25) is 9.59 Å². The summed E-state index contributed by atoms with van der Waals surface area (Å²) in [5.41, 5.74) is 5.09. The molecule has 5 heteroatoms. The summed E-state index contributed by atoms with van der Waals surface area (Å²) in [4.78, 5) is 25.8. The van der Waals surface area contributed by atoms with Crippen LogP contribution in [0, 0.1) is 27.7 Å². The van der Waals surface area contributed by atoms with Crippen LogP contribution >= 0.6 is 0 Å². The zero-order chi connectivity index (χ0) is 19.3. The van der Waals surface area contributed by atoms with Crippen LogP contribution in [0.1, 0.15) is 22.3 Å². The van der Waals surface area contributed by atoms with Crippen molar-refractivity contribution in [2.75, 3.05) is 25.5 Å². The Morgan fingerprint density at radius 2 is 1.54 bits per heavy atom. The molecule has 1 N–H and O–H groups in total. The number of anilines is 1. The van der Waals surface area contributed by atoms with E-state index in [9.17, 15) is 9.59 Å². The van der Waals surface area contributed by atoms with Gasteiger partial charge in [0.1, 0.15) is 5.75 Å². The summed E-state index contributed by atoms with van der Waals surface area (Å²) in [6.45, 7) is 7.79. The number of nitrogens with zero attached hydrogens (tertiary/aromatic N) is 1. The zero-order valence-electron chi connectivity index (χ0n) is 16.1. The lowest BCUT2D eigenvalue weighted by Gasteiger charge is -2.18. The Hall–Kier alpha value is -2.82. The first-order valence-electron chi connectivity index (χ1n) is 8.57. The van der Waals surface area contributed by atoms with E-state index in [4.69, 9.17) is 4.74 Å². The van der Waals surface area contributed by atoms with Crippen molar-refractivity contribution in [3.05, 3.63) is 58.7 Å². The van der Waals surface area contributed by atoms with Crippen molar-refractivity contribution < 1.29 is 14.3 Å². The summed E-state index contributed by atoms with van der Waals surface area (Å²) in [6.07, 6.45) is 0. The molecule has 2 aromatic rings. The number of amides is 2. The third-order valence-corrected chi connectivity index (χ3v) is 4.13. The Morgan fingerprint density at radius 3 is 2.12 bits per heavy atom. The maximum absolute atomic E-state index is 12.3. The molecule has 0 saturated carbocycles. The molecule has 0 fully saturated rings. The smallest absolute Gasteiger partial charge is 0.260 e. The van der Waals surface area contributed by atoms with E-state index in [1.165, 1.54) is 4.90 Å². The minimum Gasteiger partial charge on any atom is -0.484 e. The van der Waals surface area contributed by atoms with Crippen LogP contribution < -0.4 is 10.1 Å². The zero-order valence-corrected chi connectivity index (χ0v) is 16.1. The van der Waals surface area contributed by atoms with Crippen molar-refractivity contribution in [1.82, 2.24) is 4.90 Å². The number of ether oxygens (including phenoxy) is 1. The van der Waals surface area contributed by atoms with E-state index in [1.807, 2.05) is 64.1 Å². The van der Waals surface area contributed by atoms with Gasteiger partial charge in [-0.05, 0) is 51.0 Å². The second-order valence-electron chi connectivity index (χ2n) is 6.67. The summed E-state index contributed by atoms with van der Waals surface area (Å²) in [6, 6.07) is 11.5. The van der Waals surface area contributed by atoms with Crippen LogP contribution in [0.2, 0.25) is 0 Å². The molecule has 0 unspecified atom stereocenters. The van der Waals surface area contributed by atoms with Crippen molar-refractivity contribution in [1.29, 1.82) is 0 Å². The minimum absolute atomic E-state index is 0.0250. The van der Waals surface area contributed by atoms with Crippen LogP contribution in [0.3, 0.4) is 0 Å². The highest BCUT2D eigenvalue weighted by molar-refractivity contribution is 5.95. The Bertz CT molecular complexity index is 774. The summed E-state index contributed by atoms with van der Waals surface area (Å²) < 4.78 is 5.47. The predicted molar refractivity (Wildman–Crippen MR) is 104 cm³/mol. The van der Waals surface area contributed by atoms with E-state index in [2.05, 4.69) is 5.32 Å². The third kappa shape index (κ3) is 5.34. The SMILES string of the molecule is Cc1ccc(OCC(=O)N(C)CC(=O)Nc2c(C)cc(C)cc2C)cc1. The van der Waals surface area contributed by atoms with Gasteiger partial charge in [-0.25, -0.2) is 0 Å². The summed E-state index contributed by atoms with van der Waals surface area (Å²) in [5.74, 6) is 0.150. The van der Waals surface area contributed by atoms with Crippen LogP contribution in [0.25, 0.3) is 0 Å². The lowest BCUT2D eigenvalue weighted by molar-refractivity contribution is -0.135. The highest BCUT2D eigenvalue weighted by Crippen LogP contribution is 2.21. The monoisotopic (exact) mass is 354 g/mol.